The van der Waals surface area contributed by atoms with Gasteiger partial charge in [0.15, 0.2) is 17.0 Å². The summed E-state index contributed by atoms with van der Waals surface area (Å²) < 4.78 is 15.8. The van der Waals surface area contributed by atoms with Gasteiger partial charge < -0.3 is 20.5 Å². The molecule has 180 valence electrons. The number of hydrogen-bond acceptors (Lipinski definition) is 7. The predicted octanol–water partition coefficient (Wildman–Crippen LogP) is 2.79. The number of benzene rings is 1. The molecule has 3 aromatic heterocycles. The summed E-state index contributed by atoms with van der Waals surface area (Å²) in [4.78, 5) is 32.2. The monoisotopic (exact) mass is 474 g/mol. The number of anilines is 1. The third-order valence-electron chi connectivity index (χ3n) is 6.17. The number of aryl methyl sites for hydroxylation is 1. The van der Waals surface area contributed by atoms with Crippen molar-refractivity contribution in [2.45, 2.75) is 26.3 Å². The highest BCUT2D eigenvalue weighted by Crippen LogP contribution is 2.27. The molecule has 0 spiro atoms. The maximum atomic E-state index is 13.9. The molecule has 1 saturated heterocycles. The van der Waals surface area contributed by atoms with Gasteiger partial charge in [0.1, 0.15) is 17.5 Å². The summed E-state index contributed by atoms with van der Waals surface area (Å²) in [6, 6.07) is 8.77. The van der Waals surface area contributed by atoms with Gasteiger partial charge in [-0.1, -0.05) is 12.1 Å². The number of carbonyl (C=O) groups is 1. The number of likely N-dealkylation sites (tertiary alicyclic amines) is 1. The number of amides is 1. The van der Waals surface area contributed by atoms with Crippen molar-refractivity contribution >= 4 is 22.9 Å². The Kier molecular flexibility index (Phi) is 6.37. The molecule has 0 atom stereocenters. The second-order valence-corrected chi connectivity index (χ2v) is 8.74. The molecule has 4 heterocycles. The van der Waals surface area contributed by atoms with Gasteiger partial charge in [0.05, 0.1) is 12.7 Å². The van der Waals surface area contributed by atoms with Crippen LogP contribution in [0.3, 0.4) is 0 Å². The highest BCUT2D eigenvalue weighted by Gasteiger charge is 2.19. The topological polar surface area (TPSA) is 115 Å². The first kappa shape index (κ1) is 22.9. The Morgan fingerprint density at radius 1 is 1.11 bits per heavy atom. The Morgan fingerprint density at radius 2 is 1.89 bits per heavy atom. The van der Waals surface area contributed by atoms with Crippen LogP contribution < -0.4 is 11.1 Å². The van der Waals surface area contributed by atoms with Crippen LogP contribution in [0.2, 0.25) is 0 Å². The van der Waals surface area contributed by atoms with Crippen LogP contribution in [0.15, 0.2) is 42.7 Å². The molecule has 1 aromatic carbocycles. The number of pyridine rings is 1. The number of imidazole rings is 1. The van der Waals surface area contributed by atoms with Crippen LogP contribution in [0, 0.1) is 12.7 Å². The smallest absolute Gasteiger partial charge is 0.251 e. The maximum Gasteiger partial charge on any atom is 0.251 e. The van der Waals surface area contributed by atoms with E-state index in [1.54, 1.807) is 25.3 Å². The number of rotatable bonds is 7. The number of fused-ring (bicyclic) bond motifs is 1. The molecule has 0 aliphatic carbocycles. The average molecular weight is 475 g/mol. The molecule has 0 bridgehead atoms. The molecule has 0 saturated carbocycles. The number of aromatic nitrogens is 5. The van der Waals surface area contributed by atoms with Gasteiger partial charge in [-0.2, -0.15) is 0 Å². The first-order chi connectivity index (χ1) is 17.0. The highest BCUT2D eigenvalue weighted by atomic mass is 19.1. The summed E-state index contributed by atoms with van der Waals surface area (Å²) in [5.74, 6) is 0.712. The van der Waals surface area contributed by atoms with Crippen molar-refractivity contribution in [3.8, 4) is 11.4 Å². The van der Waals surface area contributed by atoms with Crippen molar-refractivity contribution in [3.05, 3.63) is 65.5 Å². The van der Waals surface area contributed by atoms with Crippen molar-refractivity contribution in [1.82, 2.24) is 34.7 Å². The lowest BCUT2D eigenvalue weighted by molar-refractivity contribution is 0.0949. The first-order valence-electron chi connectivity index (χ1n) is 11.7. The van der Waals surface area contributed by atoms with E-state index in [0.717, 1.165) is 31.4 Å². The van der Waals surface area contributed by atoms with E-state index in [-0.39, 0.29) is 11.7 Å². The van der Waals surface area contributed by atoms with E-state index < -0.39 is 5.82 Å². The van der Waals surface area contributed by atoms with Gasteiger partial charge in [-0.3, -0.25) is 9.78 Å². The minimum absolute atomic E-state index is 0.0912. The summed E-state index contributed by atoms with van der Waals surface area (Å²) in [5, 5.41) is 2.99. The fourth-order valence-electron chi connectivity index (χ4n) is 4.42. The Labute approximate surface area is 202 Å². The van der Waals surface area contributed by atoms with Gasteiger partial charge >= 0.3 is 0 Å². The van der Waals surface area contributed by atoms with Crippen LogP contribution in [0.25, 0.3) is 22.6 Å². The Hall–Kier alpha value is -3.92. The number of carbonyl (C=O) groups excluding carboxylic acids is 1. The average Bonchev–Trinajstić information content (AvgIpc) is 3.48. The molecule has 4 aromatic rings. The molecule has 1 aliphatic rings. The zero-order valence-electron chi connectivity index (χ0n) is 19.5. The van der Waals surface area contributed by atoms with E-state index in [1.807, 2.05) is 16.7 Å². The van der Waals surface area contributed by atoms with E-state index in [0.29, 0.717) is 47.0 Å². The molecule has 3 N–H and O–H groups in total. The minimum Gasteiger partial charge on any atom is -0.382 e. The van der Waals surface area contributed by atoms with Crippen LogP contribution in [-0.4, -0.2) is 61.5 Å². The molecule has 0 unspecified atom stereocenters. The number of halogens is 1. The van der Waals surface area contributed by atoms with Gasteiger partial charge in [0.2, 0.25) is 0 Å². The van der Waals surface area contributed by atoms with Crippen LogP contribution in [0.1, 0.15) is 34.6 Å². The third kappa shape index (κ3) is 4.97. The second-order valence-electron chi connectivity index (χ2n) is 8.74. The van der Waals surface area contributed by atoms with Crippen molar-refractivity contribution in [1.29, 1.82) is 0 Å². The number of nitrogens with two attached hydrogens (primary N) is 1. The molecule has 35 heavy (non-hydrogen) atoms. The summed E-state index contributed by atoms with van der Waals surface area (Å²) in [6.07, 6.45) is 5.16. The van der Waals surface area contributed by atoms with Crippen LogP contribution in [0.4, 0.5) is 10.2 Å². The zero-order chi connectivity index (χ0) is 24.4. The van der Waals surface area contributed by atoms with Crippen molar-refractivity contribution in [2.75, 3.05) is 31.9 Å². The number of hydrogen-bond donors (Lipinski definition) is 2. The second kappa shape index (κ2) is 9.75. The van der Waals surface area contributed by atoms with Crippen molar-refractivity contribution in [2.24, 2.45) is 0 Å². The molecule has 5 rings (SSSR count). The SMILES string of the molecule is Cc1nc(N)c2nc(-c3cncc(F)c3)n(Cc3ccc(C(=O)NCCN4CCCC4)cc3)c2n1. The Bertz CT molecular complexity index is 1360. The summed E-state index contributed by atoms with van der Waals surface area (Å²) in [7, 11) is 0. The normalized spacial score (nSPS) is 14.0. The van der Waals surface area contributed by atoms with Crippen LogP contribution >= 0.6 is 0 Å². The fourth-order valence-corrected chi connectivity index (χ4v) is 4.42. The largest absolute Gasteiger partial charge is 0.382 e. The Balaban J connectivity index is 1.38. The lowest BCUT2D eigenvalue weighted by Crippen LogP contribution is -2.33. The summed E-state index contributed by atoms with van der Waals surface area (Å²) in [6.45, 7) is 5.88. The van der Waals surface area contributed by atoms with Gasteiger partial charge in [-0.05, 0) is 56.6 Å². The number of nitrogen functional groups attached to an aromatic ring is 1. The van der Waals surface area contributed by atoms with Crippen molar-refractivity contribution < 1.29 is 9.18 Å². The molecule has 10 heteroatoms. The zero-order valence-corrected chi connectivity index (χ0v) is 19.5. The lowest BCUT2D eigenvalue weighted by Gasteiger charge is -2.14. The molecular weight excluding hydrogens is 447 g/mol. The Morgan fingerprint density at radius 3 is 2.63 bits per heavy atom. The van der Waals surface area contributed by atoms with E-state index in [2.05, 4.69) is 30.2 Å². The number of nitrogens with zero attached hydrogens (tertiary/aromatic N) is 6. The summed E-state index contributed by atoms with van der Waals surface area (Å²) >= 11 is 0. The van der Waals surface area contributed by atoms with Gasteiger partial charge in [-0.25, -0.2) is 19.3 Å². The molecule has 1 amide bonds. The van der Waals surface area contributed by atoms with Crippen molar-refractivity contribution in [3.63, 3.8) is 0 Å². The van der Waals surface area contributed by atoms with E-state index >= 15 is 0 Å². The molecule has 1 fully saturated rings. The van der Waals surface area contributed by atoms with E-state index in [9.17, 15) is 9.18 Å². The third-order valence-corrected chi connectivity index (χ3v) is 6.17. The predicted molar refractivity (Wildman–Crippen MR) is 131 cm³/mol. The van der Waals surface area contributed by atoms with Gasteiger partial charge in [0, 0.05) is 30.4 Å². The highest BCUT2D eigenvalue weighted by molar-refractivity contribution is 5.94. The maximum absolute atomic E-state index is 13.9. The van der Waals surface area contributed by atoms with Crippen LogP contribution in [0.5, 0.6) is 0 Å². The molecular formula is C25H27FN8O. The molecule has 0 radical (unpaired) electrons. The van der Waals surface area contributed by atoms with E-state index in [1.165, 1.54) is 18.9 Å². The minimum atomic E-state index is -0.462. The first-order valence-corrected chi connectivity index (χ1v) is 11.7. The molecule has 1 aliphatic heterocycles. The van der Waals surface area contributed by atoms with Gasteiger partial charge in [0.25, 0.3) is 5.91 Å². The number of nitrogens with one attached hydrogen (secondary N) is 1. The fraction of sp³-hybridized carbons (Fsp3) is 0.320. The quantitative estimate of drug-likeness (QED) is 0.423. The standard InChI is InChI=1S/C25H27FN8O/c1-16-30-22(27)21-24(31-16)34(23(32-21)19-12-20(26)14-28-13-19)15-17-4-6-18(7-5-17)25(35)29-8-11-33-9-2-3-10-33/h4-7,12-14H,2-3,8-11,15H2,1H3,(H,29,35)(H2,27,30,31). The van der Waals surface area contributed by atoms with E-state index in [4.69, 9.17) is 5.73 Å². The summed E-state index contributed by atoms with van der Waals surface area (Å²) in [5.41, 5.74) is 9.15. The lowest BCUT2D eigenvalue weighted by atomic mass is 10.1. The molecule has 9 nitrogen and oxygen atoms in total. The van der Waals surface area contributed by atoms with Crippen LogP contribution in [-0.2, 0) is 6.54 Å². The van der Waals surface area contributed by atoms with Gasteiger partial charge in [-0.15, -0.1) is 0 Å².